The van der Waals surface area contributed by atoms with E-state index in [1.54, 1.807) is 20.1 Å². The van der Waals surface area contributed by atoms with E-state index >= 15 is 0 Å². The summed E-state index contributed by atoms with van der Waals surface area (Å²) in [5.41, 5.74) is 7.09. The lowest BCUT2D eigenvalue weighted by Crippen LogP contribution is -2.26. The lowest BCUT2D eigenvalue weighted by molar-refractivity contribution is 0.0999. The predicted octanol–water partition coefficient (Wildman–Crippen LogP) is 1.62. The van der Waals surface area contributed by atoms with Crippen molar-refractivity contribution in [2.24, 2.45) is 5.73 Å². The number of nitrogens with one attached hydrogen (secondary N) is 1. The summed E-state index contributed by atoms with van der Waals surface area (Å²) in [4.78, 5) is 11.4. The van der Waals surface area contributed by atoms with Crippen LogP contribution < -0.4 is 15.2 Å². The Balaban J connectivity index is 2.05. The molecule has 0 fully saturated rings. The Morgan fingerprint density at radius 1 is 1.17 bits per heavy atom. The van der Waals surface area contributed by atoms with Gasteiger partial charge in [-0.1, -0.05) is 18.2 Å². The van der Waals surface area contributed by atoms with E-state index in [1.807, 2.05) is 24.3 Å². The Hall–Kier alpha value is -2.38. The van der Waals surface area contributed by atoms with Gasteiger partial charge in [0.25, 0.3) is 0 Å². The van der Waals surface area contributed by atoms with Crippen molar-refractivity contribution in [3.63, 3.8) is 0 Å². The number of carbonyl (C=O) groups is 1. The number of amides is 1. The third-order valence-corrected chi connectivity index (χ3v) is 5.11. The molecule has 0 aliphatic carbocycles. The quantitative estimate of drug-likeness (QED) is 0.794. The zero-order valence-electron chi connectivity index (χ0n) is 13.6. The zero-order chi connectivity index (χ0) is 17.7. The molecule has 24 heavy (non-hydrogen) atoms. The second kappa shape index (κ2) is 7.46. The van der Waals surface area contributed by atoms with Crippen LogP contribution in [0.25, 0.3) is 0 Å². The molecule has 0 unspecified atom stereocenters. The molecule has 0 saturated carbocycles. The lowest BCUT2D eigenvalue weighted by Gasteiger charge is -2.09. The van der Waals surface area contributed by atoms with E-state index in [1.165, 1.54) is 12.1 Å². The van der Waals surface area contributed by atoms with Gasteiger partial charge in [0.2, 0.25) is 15.9 Å². The van der Waals surface area contributed by atoms with Crippen LogP contribution in [0.5, 0.6) is 5.75 Å². The van der Waals surface area contributed by atoms with Crippen molar-refractivity contribution in [2.45, 2.75) is 18.2 Å². The first kappa shape index (κ1) is 18.0. The van der Waals surface area contributed by atoms with Crippen molar-refractivity contribution in [3.05, 3.63) is 59.2 Å². The molecule has 0 aromatic heterocycles. The molecule has 0 radical (unpaired) electrons. The van der Waals surface area contributed by atoms with Crippen molar-refractivity contribution in [2.75, 3.05) is 13.7 Å². The number of benzene rings is 2. The van der Waals surface area contributed by atoms with Gasteiger partial charge in [-0.05, 0) is 48.7 Å². The zero-order valence-corrected chi connectivity index (χ0v) is 14.4. The van der Waals surface area contributed by atoms with Crippen molar-refractivity contribution in [1.29, 1.82) is 0 Å². The van der Waals surface area contributed by atoms with Gasteiger partial charge < -0.3 is 10.5 Å². The molecule has 6 nitrogen and oxygen atoms in total. The van der Waals surface area contributed by atoms with Gasteiger partial charge in [0, 0.05) is 12.1 Å². The van der Waals surface area contributed by atoms with E-state index < -0.39 is 15.9 Å². The molecule has 2 aromatic rings. The molecule has 0 bridgehead atoms. The van der Waals surface area contributed by atoms with Gasteiger partial charge in [-0.2, -0.15) is 0 Å². The fraction of sp³-hybridized carbons (Fsp3) is 0.235. The van der Waals surface area contributed by atoms with E-state index in [9.17, 15) is 13.2 Å². The third kappa shape index (κ3) is 4.33. The van der Waals surface area contributed by atoms with Gasteiger partial charge in [0.1, 0.15) is 5.75 Å². The number of hydrogen-bond donors (Lipinski definition) is 2. The van der Waals surface area contributed by atoms with Crippen molar-refractivity contribution in [1.82, 2.24) is 4.72 Å². The van der Waals surface area contributed by atoms with Crippen molar-refractivity contribution in [3.8, 4) is 5.75 Å². The minimum absolute atomic E-state index is 0.0247. The smallest absolute Gasteiger partial charge is 0.249 e. The summed E-state index contributed by atoms with van der Waals surface area (Å²) in [5.74, 6) is 0.0979. The first-order chi connectivity index (χ1) is 11.3. The highest BCUT2D eigenvalue weighted by atomic mass is 32.2. The van der Waals surface area contributed by atoms with Gasteiger partial charge in [-0.25, -0.2) is 13.1 Å². The maximum atomic E-state index is 12.3. The van der Waals surface area contributed by atoms with Crippen LogP contribution in [0.2, 0.25) is 0 Å². The third-order valence-electron chi connectivity index (χ3n) is 3.65. The molecule has 1 amide bonds. The summed E-state index contributed by atoms with van der Waals surface area (Å²) in [6.45, 7) is 1.95. The van der Waals surface area contributed by atoms with Gasteiger partial charge in [-0.15, -0.1) is 0 Å². The predicted molar refractivity (Wildman–Crippen MR) is 91.6 cm³/mol. The second-order valence-corrected chi connectivity index (χ2v) is 7.10. The Bertz CT molecular complexity index is 830. The maximum absolute atomic E-state index is 12.3. The lowest BCUT2D eigenvalue weighted by atomic mass is 10.1. The van der Waals surface area contributed by atoms with Crippen LogP contribution in [0, 0.1) is 6.92 Å². The molecule has 7 heteroatoms. The Morgan fingerprint density at radius 2 is 1.83 bits per heavy atom. The Kier molecular flexibility index (Phi) is 5.58. The molecule has 0 saturated heterocycles. The number of primary amides is 1. The minimum atomic E-state index is -3.70. The van der Waals surface area contributed by atoms with Crippen molar-refractivity contribution >= 4 is 15.9 Å². The van der Waals surface area contributed by atoms with Crippen LogP contribution in [-0.4, -0.2) is 28.0 Å². The van der Waals surface area contributed by atoms with Crippen LogP contribution in [0.1, 0.15) is 21.5 Å². The van der Waals surface area contributed by atoms with E-state index in [0.29, 0.717) is 12.0 Å². The fourth-order valence-electron chi connectivity index (χ4n) is 2.24. The molecule has 2 aromatic carbocycles. The van der Waals surface area contributed by atoms with Crippen molar-refractivity contribution < 1.29 is 17.9 Å². The topological polar surface area (TPSA) is 98.5 Å². The van der Waals surface area contributed by atoms with E-state index in [-0.39, 0.29) is 17.0 Å². The number of hydrogen-bond acceptors (Lipinski definition) is 4. The number of carbonyl (C=O) groups excluding carboxylic acids is 1. The number of nitrogens with two attached hydrogens (primary N) is 1. The number of sulfonamides is 1. The fourth-order valence-corrected chi connectivity index (χ4v) is 3.30. The summed E-state index contributed by atoms with van der Waals surface area (Å²) in [5, 5.41) is 0. The second-order valence-electron chi connectivity index (χ2n) is 5.34. The largest absolute Gasteiger partial charge is 0.497 e. The molecule has 0 heterocycles. The number of rotatable bonds is 7. The molecule has 0 spiro atoms. The molecule has 0 aliphatic heterocycles. The first-order valence-corrected chi connectivity index (χ1v) is 8.85. The monoisotopic (exact) mass is 348 g/mol. The highest BCUT2D eigenvalue weighted by Gasteiger charge is 2.16. The number of methoxy groups -OCH3 is 1. The number of ether oxygens (including phenoxy) is 1. The summed E-state index contributed by atoms with van der Waals surface area (Å²) >= 11 is 0. The maximum Gasteiger partial charge on any atom is 0.249 e. The average molecular weight is 348 g/mol. The van der Waals surface area contributed by atoms with Crippen LogP contribution in [0.15, 0.2) is 47.4 Å². The van der Waals surface area contributed by atoms with Crippen LogP contribution in [-0.2, 0) is 16.4 Å². The minimum Gasteiger partial charge on any atom is -0.497 e. The normalized spacial score (nSPS) is 11.2. The molecule has 2 rings (SSSR count). The Labute approximate surface area is 141 Å². The highest BCUT2D eigenvalue weighted by molar-refractivity contribution is 7.89. The molecule has 0 atom stereocenters. The SMILES string of the molecule is COc1ccc(CCNS(=O)(=O)c2ccc(C)c(C(N)=O)c2)cc1. The van der Waals surface area contributed by atoms with Gasteiger partial charge in [0.15, 0.2) is 0 Å². The average Bonchev–Trinajstić information content (AvgIpc) is 2.55. The Morgan fingerprint density at radius 3 is 2.42 bits per heavy atom. The van der Waals surface area contributed by atoms with Crippen LogP contribution in [0.4, 0.5) is 0 Å². The summed E-state index contributed by atoms with van der Waals surface area (Å²) < 4.78 is 32.3. The van der Waals surface area contributed by atoms with Gasteiger partial charge >= 0.3 is 0 Å². The van der Waals surface area contributed by atoms with E-state index in [2.05, 4.69) is 4.72 Å². The molecular weight excluding hydrogens is 328 g/mol. The van der Waals surface area contributed by atoms with Gasteiger partial charge in [0.05, 0.1) is 12.0 Å². The highest BCUT2D eigenvalue weighted by Crippen LogP contribution is 2.16. The van der Waals surface area contributed by atoms with Crippen LogP contribution >= 0.6 is 0 Å². The molecular formula is C17H20N2O4S. The standard InChI is InChI=1S/C17H20N2O4S/c1-12-3-8-15(11-16(12)17(18)20)24(21,22)19-10-9-13-4-6-14(23-2)7-5-13/h3-8,11,19H,9-10H2,1-2H3,(H2,18,20). The summed E-state index contributed by atoms with van der Waals surface area (Å²) in [7, 11) is -2.11. The summed E-state index contributed by atoms with van der Waals surface area (Å²) in [6, 6.07) is 11.7. The van der Waals surface area contributed by atoms with Gasteiger partial charge in [-0.3, -0.25) is 4.79 Å². The van der Waals surface area contributed by atoms with E-state index in [4.69, 9.17) is 10.5 Å². The molecule has 3 N–H and O–H groups in total. The molecule has 0 aliphatic rings. The number of aryl methyl sites for hydroxylation is 1. The summed E-state index contributed by atoms with van der Waals surface area (Å²) in [6.07, 6.45) is 0.539. The van der Waals surface area contributed by atoms with Crippen LogP contribution in [0.3, 0.4) is 0 Å². The first-order valence-electron chi connectivity index (χ1n) is 7.36. The van der Waals surface area contributed by atoms with E-state index in [0.717, 1.165) is 11.3 Å². The molecule has 128 valence electrons.